The zero-order chi connectivity index (χ0) is 12.3. The number of hydrogen-bond acceptors (Lipinski definition) is 3. The van der Waals surface area contributed by atoms with Gasteiger partial charge in [0.25, 0.3) is 0 Å². The van der Waals surface area contributed by atoms with Gasteiger partial charge in [-0.3, -0.25) is 0 Å². The van der Waals surface area contributed by atoms with Crippen LogP contribution in [0.4, 0.5) is 10.1 Å². The third-order valence-corrected chi connectivity index (χ3v) is 3.08. The Labute approximate surface area is 100 Å². The minimum Gasteiger partial charge on any atom is -0.381 e. The van der Waals surface area contributed by atoms with Crippen LogP contribution in [-0.4, -0.2) is 19.3 Å². The maximum absolute atomic E-state index is 13.6. The molecule has 0 spiro atoms. The van der Waals surface area contributed by atoms with Crippen molar-refractivity contribution in [3.05, 3.63) is 30.1 Å². The molecule has 0 saturated heterocycles. The SMILES string of the molecule is COCC(C#N)(Nc1ccccc1F)C1CC1. The zero-order valence-corrected chi connectivity index (χ0v) is 9.74. The van der Waals surface area contributed by atoms with E-state index >= 15 is 0 Å². The first-order valence-corrected chi connectivity index (χ1v) is 5.65. The van der Waals surface area contributed by atoms with Gasteiger partial charge >= 0.3 is 0 Å². The Morgan fingerprint density at radius 3 is 2.76 bits per heavy atom. The van der Waals surface area contributed by atoms with Crippen LogP contribution in [0.15, 0.2) is 24.3 Å². The topological polar surface area (TPSA) is 45.0 Å². The van der Waals surface area contributed by atoms with Gasteiger partial charge in [0.05, 0.1) is 18.4 Å². The summed E-state index contributed by atoms with van der Waals surface area (Å²) < 4.78 is 18.7. The van der Waals surface area contributed by atoms with E-state index < -0.39 is 5.54 Å². The van der Waals surface area contributed by atoms with E-state index in [2.05, 4.69) is 11.4 Å². The molecule has 4 heteroatoms. The predicted molar refractivity (Wildman–Crippen MR) is 63.0 cm³/mol. The summed E-state index contributed by atoms with van der Waals surface area (Å²) in [7, 11) is 1.55. The molecule has 0 bridgehead atoms. The lowest BCUT2D eigenvalue weighted by Gasteiger charge is -2.28. The van der Waals surface area contributed by atoms with Crippen molar-refractivity contribution in [1.82, 2.24) is 0 Å². The first-order valence-electron chi connectivity index (χ1n) is 5.65. The lowest BCUT2D eigenvalue weighted by atomic mass is 9.95. The molecule has 1 saturated carbocycles. The van der Waals surface area contributed by atoms with Crippen molar-refractivity contribution in [2.45, 2.75) is 18.4 Å². The summed E-state index contributed by atoms with van der Waals surface area (Å²) >= 11 is 0. The predicted octanol–water partition coefficient (Wildman–Crippen LogP) is 2.56. The third kappa shape index (κ3) is 2.40. The Hall–Kier alpha value is -1.60. The average Bonchev–Trinajstić information content (AvgIpc) is 3.15. The first kappa shape index (κ1) is 11.9. The van der Waals surface area contributed by atoms with E-state index in [4.69, 9.17) is 4.74 Å². The van der Waals surface area contributed by atoms with Crippen LogP contribution in [0.25, 0.3) is 0 Å². The van der Waals surface area contributed by atoms with Gasteiger partial charge in [-0.15, -0.1) is 0 Å². The monoisotopic (exact) mass is 234 g/mol. The normalized spacial score (nSPS) is 18.2. The summed E-state index contributed by atoms with van der Waals surface area (Å²) in [6.45, 7) is 0.266. The molecule has 1 aromatic carbocycles. The van der Waals surface area contributed by atoms with Crippen LogP contribution >= 0.6 is 0 Å². The Kier molecular flexibility index (Phi) is 3.30. The van der Waals surface area contributed by atoms with E-state index in [1.165, 1.54) is 6.07 Å². The van der Waals surface area contributed by atoms with Crippen molar-refractivity contribution < 1.29 is 9.13 Å². The van der Waals surface area contributed by atoms with E-state index in [1.54, 1.807) is 25.3 Å². The molecule has 1 N–H and O–H groups in total. The molecular weight excluding hydrogens is 219 g/mol. The number of nitrogens with one attached hydrogen (secondary N) is 1. The highest BCUT2D eigenvalue weighted by molar-refractivity contribution is 5.50. The molecule has 90 valence electrons. The summed E-state index contributed by atoms with van der Waals surface area (Å²) in [6.07, 6.45) is 1.97. The van der Waals surface area contributed by atoms with Gasteiger partial charge in [0.15, 0.2) is 5.54 Å². The fourth-order valence-electron chi connectivity index (χ4n) is 2.01. The van der Waals surface area contributed by atoms with Crippen LogP contribution in [-0.2, 0) is 4.74 Å². The number of hydrogen-bond donors (Lipinski definition) is 1. The van der Waals surface area contributed by atoms with Gasteiger partial charge < -0.3 is 10.1 Å². The Morgan fingerprint density at radius 1 is 1.53 bits per heavy atom. The number of anilines is 1. The van der Waals surface area contributed by atoms with Gasteiger partial charge in [0.2, 0.25) is 0 Å². The molecule has 1 aliphatic rings. The van der Waals surface area contributed by atoms with Crippen LogP contribution in [0.5, 0.6) is 0 Å². The molecule has 17 heavy (non-hydrogen) atoms. The van der Waals surface area contributed by atoms with Crippen molar-refractivity contribution in [2.24, 2.45) is 5.92 Å². The molecule has 1 atom stereocenters. The number of nitrogens with zero attached hydrogens (tertiary/aromatic N) is 1. The van der Waals surface area contributed by atoms with Crippen molar-refractivity contribution in [3.8, 4) is 6.07 Å². The molecular formula is C13H15FN2O. The van der Waals surface area contributed by atoms with Crippen molar-refractivity contribution in [3.63, 3.8) is 0 Å². The second-order valence-electron chi connectivity index (χ2n) is 4.40. The summed E-state index contributed by atoms with van der Waals surface area (Å²) in [5.74, 6) is -0.101. The third-order valence-electron chi connectivity index (χ3n) is 3.08. The second-order valence-corrected chi connectivity index (χ2v) is 4.40. The number of halogens is 1. The van der Waals surface area contributed by atoms with Gasteiger partial charge in [0.1, 0.15) is 5.82 Å². The molecule has 1 unspecified atom stereocenters. The molecule has 1 aromatic rings. The maximum atomic E-state index is 13.6. The number of methoxy groups -OCH3 is 1. The van der Waals surface area contributed by atoms with E-state index in [9.17, 15) is 9.65 Å². The van der Waals surface area contributed by atoms with Crippen LogP contribution < -0.4 is 5.32 Å². The molecule has 0 radical (unpaired) electrons. The van der Waals surface area contributed by atoms with Gasteiger partial charge in [-0.05, 0) is 30.9 Å². The van der Waals surface area contributed by atoms with Crippen molar-refractivity contribution in [1.29, 1.82) is 5.26 Å². The maximum Gasteiger partial charge on any atom is 0.151 e. The fraction of sp³-hybridized carbons (Fsp3) is 0.462. The zero-order valence-electron chi connectivity index (χ0n) is 9.74. The second kappa shape index (κ2) is 4.72. The Balaban J connectivity index is 2.24. The van der Waals surface area contributed by atoms with Crippen LogP contribution in [0.2, 0.25) is 0 Å². The standard InChI is InChI=1S/C13H15FN2O/c1-17-9-13(8-15,10-6-7-10)16-12-5-3-2-4-11(12)14/h2-5,10,16H,6-7,9H2,1H3. The van der Waals surface area contributed by atoms with Gasteiger partial charge in [-0.25, -0.2) is 4.39 Å². The van der Waals surface area contributed by atoms with E-state index in [0.717, 1.165) is 12.8 Å². The smallest absolute Gasteiger partial charge is 0.151 e. The summed E-state index contributed by atoms with van der Waals surface area (Å²) in [5.41, 5.74) is -0.449. The number of ether oxygens (including phenoxy) is 1. The summed E-state index contributed by atoms with van der Waals surface area (Å²) in [4.78, 5) is 0. The minimum atomic E-state index is -0.809. The van der Waals surface area contributed by atoms with Crippen molar-refractivity contribution >= 4 is 5.69 Å². The lowest BCUT2D eigenvalue weighted by molar-refractivity contribution is 0.155. The van der Waals surface area contributed by atoms with Gasteiger partial charge in [-0.1, -0.05) is 12.1 Å². The summed E-state index contributed by atoms with van der Waals surface area (Å²) in [6, 6.07) is 8.64. The number of benzene rings is 1. The largest absolute Gasteiger partial charge is 0.381 e. The van der Waals surface area contributed by atoms with Crippen molar-refractivity contribution in [2.75, 3.05) is 19.0 Å². The number of rotatable bonds is 5. The Morgan fingerprint density at radius 2 is 2.24 bits per heavy atom. The highest BCUT2D eigenvalue weighted by atomic mass is 19.1. The lowest BCUT2D eigenvalue weighted by Crippen LogP contribution is -2.44. The highest BCUT2D eigenvalue weighted by Gasteiger charge is 2.46. The quantitative estimate of drug-likeness (QED) is 0.851. The molecule has 1 fully saturated rings. The molecule has 3 nitrogen and oxygen atoms in total. The molecule has 0 amide bonds. The van der Waals surface area contributed by atoms with E-state index in [1.807, 2.05) is 0 Å². The van der Waals surface area contributed by atoms with Gasteiger partial charge in [-0.2, -0.15) is 5.26 Å². The van der Waals surface area contributed by atoms with E-state index in [0.29, 0.717) is 5.69 Å². The molecule has 0 heterocycles. The highest BCUT2D eigenvalue weighted by Crippen LogP contribution is 2.41. The molecule has 2 rings (SSSR count). The van der Waals surface area contributed by atoms with Crippen LogP contribution in [0, 0.1) is 23.1 Å². The minimum absolute atomic E-state index is 0.243. The number of nitriles is 1. The first-order chi connectivity index (χ1) is 8.22. The molecule has 0 aromatic heterocycles. The molecule has 0 aliphatic heterocycles. The average molecular weight is 234 g/mol. The Bertz CT molecular complexity index is 439. The van der Waals surface area contributed by atoms with Crippen LogP contribution in [0.1, 0.15) is 12.8 Å². The summed E-state index contributed by atoms with van der Waals surface area (Å²) in [5, 5.41) is 12.4. The fourth-order valence-corrected chi connectivity index (χ4v) is 2.01. The number of para-hydroxylation sites is 1. The van der Waals surface area contributed by atoms with Gasteiger partial charge in [0, 0.05) is 7.11 Å². The van der Waals surface area contributed by atoms with Crippen LogP contribution in [0.3, 0.4) is 0 Å². The van der Waals surface area contributed by atoms with E-state index in [-0.39, 0.29) is 18.3 Å². The molecule has 1 aliphatic carbocycles.